The van der Waals surface area contributed by atoms with Crippen molar-refractivity contribution in [2.24, 2.45) is 0 Å². The Morgan fingerprint density at radius 3 is 2.68 bits per heavy atom. The standard InChI is InChI=1S/C16H12BrF2N3/c1-9(10-2-4-13(18)14(19)7-10)21-16-20-8-11-6-12(17)3-5-15(11)22-16/h2-9H,1H3,(H,20,21,22). The Labute approximate surface area is 134 Å². The summed E-state index contributed by atoms with van der Waals surface area (Å²) in [6.45, 7) is 1.84. The smallest absolute Gasteiger partial charge is 0.223 e. The molecule has 1 aromatic heterocycles. The Morgan fingerprint density at radius 1 is 1.09 bits per heavy atom. The first-order valence-corrected chi connectivity index (χ1v) is 7.46. The molecule has 0 bridgehead atoms. The second kappa shape index (κ2) is 5.96. The number of rotatable bonds is 3. The molecule has 22 heavy (non-hydrogen) atoms. The lowest BCUT2D eigenvalue weighted by atomic mass is 10.1. The summed E-state index contributed by atoms with van der Waals surface area (Å²) < 4.78 is 27.2. The average Bonchev–Trinajstić information content (AvgIpc) is 2.50. The normalized spacial score (nSPS) is 12.4. The van der Waals surface area contributed by atoms with Crippen LogP contribution in [0.1, 0.15) is 18.5 Å². The minimum atomic E-state index is -0.865. The third-order valence-corrected chi connectivity index (χ3v) is 3.82. The molecular formula is C16H12BrF2N3. The molecule has 1 atom stereocenters. The molecular weight excluding hydrogens is 352 g/mol. The number of aromatic nitrogens is 2. The molecule has 112 valence electrons. The van der Waals surface area contributed by atoms with Crippen molar-refractivity contribution in [3.63, 3.8) is 0 Å². The van der Waals surface area contributed by atoms with Crippen molar-refractivity contribution < 1.29 is 8.78 Å². The molecule has 1 heterocycles. The molecule has 3 nitrogen and oxygen atoms in total. The molecule has 0 aliphatic heterocycles. The van der Waals surface area contributed by atoms with Crippen molar-refractivity contribution in [1.29, 1.82) is 0 Å². The maximum absolute atomic E-state index is 13.3. The number of halogens is 3. The van der Waals surface area contributed by atoms with Crippen LogP contribution in [0.5, 0.6) is 0 Å². The summed E-state index contributed by atoms with van der Waals surface area (Å²) >= 11 is 3.40. The molecule has 0 radical (unpaired) electrons. The van der Waals surface area contributed by atoms with Gasteiger partial charge in [-0.15, -0.1) is 0 Å². The van der Waals surface area contributed by atoms with Crippen LogP contribution in [0.4, 0.5) is 14.7 Å². The van der Waals surface area contributed by atoms with Crippen molar-refractivity contribution in [3.05, 3.63) is 64.3 Å². The summed E-state index contributed by atoms with van der Waals surface area (Å²) in [7, 11) is 0. The SMILES string of the molecule is CC(Nc1ncc2cc(Br)ccc2n1)c1ccc(F)c(F)c1. The summed E-state index contributed by atoms with van der Waals surface area (Å²) in [5, 5.41) is 4.01. The maximum atomic E-state index is 13.3. The van der Waals surface area contributed by atoms with Gasteiger partial charge in [-0.2, -0.15) is 0 Å². The summed E-state index contributed by atoms with van der Waals surface area (Å²) in [6.07, 6.45) is 1.72. The molecule has 0 saturated carbocycles. The third-order valence-electron chi connectivity index (χ3n) is 3.33. The highest BCUT2D eigenvalue weighted by atomic mass is 79.9. The average molecular weight is 364 g/mol. The first-order chi connectivity index (χ1) is 10.5. The van der Waals surface area contributed by atoms with Gasteiger partial charge in [0.05, 0.1) is 11.6 Å². The van der Waals surface area contributed by atoms with Crippen molar-refractivity contribution in [2.45, 2.75) is 13.0 Å². The molecule has 2 aromatic carbocycles. The molecule has 1 N–H and O–H groups in total. The van der Waals surface area contributed by atoms with Crippen LogP contribution in [-0.4, -0.2) is 9.97 Å². The van der Waals surface area contributed by atoms with E-state index in [4.69, 9.17) is 0 Å². The first-order valence-electron chi connectivity index (χ1n) is 6.67. The Morgan fingerprint density at radius 2 is 1.91 bits per heavy atom. The topological polar surface area (TPSA) is 37.8 Å². The van der Waals surface area contributed by atoms with E-state index in [1.165, 1.54) is 12.1 Å². The molecule has 3 rings (SSSR count). The highest BCUT2D eigenvalue weighted by Crippen LogP contribution is 2.22. The lowest BCUT2D eigenvalue weighted by Crippen LogP contribution is -2.10. The van der Waals surface area contributed by atoms with Crippen LogP contribution in [0, 0.1) is 11.6 Å². The van der Waals surface area contributed by atoms with Gasteiger partial charge in [0, 0.05) is 16.1 Å². The highest BCUT2D eigenvalue weighted by molar-refractivity contribution is 9.10. The number of anilines is 1. The van der Waals surface area contributed by atoms with Crippen molar-refractivity contribution in [1.82, 2.24) is 9.97 Å². The van der Waals surface area contributed by atoms with E-state index in [0.717, 1.165) is 21.4 Å². The predicted molar refractivity (Wildman–Crippen MR) is 85.6 cm³/mol. The fourth-order valence-corrected chi connectivity index (χ4v) is 2.51. The monoisotopic (exact) mass is 363 g/mol. The molecule has 0 saturated heterocycles. The van der Waals surface area contributed by atoms with E-state index < -0.39 is 11.6 Å². The zero-order valence-electron chi connectivity index (χ0n) is 11.6. The minimum absolute atomic E-state index is 0.247. The Hall–Kier alpha value is -2.08. The lowest BCUT2D eigenvalue weighted by molar-refractivity contribution is 0.506. The fourth-order valence-electron chi connectivity index (χ4n) is 2.13. The van der Waals surface area contributed by atoms with Crippen LogP contribution in [0.25, 0.3) is 10.9 Å². The molecule has 0 spiro atoms. The quantitative estimate of drug-likeness (QED) is 0.723. The fraction of sp³-hybridized carbons (Fsp3) is 0.125. The van der Waals surface area contributed by atoms with E-state index in [9.17, 15) is 8.78 Å². The number of hydrogen-bond donors (Lipinski definition) is 1. The van der Waals surface area contributed by atoms with Crippen LogP contribution in [-0.2, 0) is 0 Å². The number of fused-ring (bicyclic) bond motifs is 1. The van der Waals surface area contributed by atoms with Crippen LogP contribution in [0.2, 0.25) is 0 Å². The Balaban J connectivity index is 1.85. The van der Waals surface area contributed by atoms with E-state index in [1.54, 1.807) is 6.20 Å². The van der Waals surface area contributed by atoms with Gasteiger partial charge in [0.1, 0.15) is 0 Å². The minimum Gasteiger partial charge on any atom is -0.348 e. The molecule has 0 aliphatic rings. The van der Waals surface area contributed by atoms with Gasteiger partial charge in [-0.1, -0.05) is 22.0 Å². The van der Waals surface area contributed by atoms with Gasteiger partial charge in [-0.25, -0.2) is 18.7 Å². The Kier molecular flexibility index (Phi) is 4.02. The third kappa shape index (κ3) is 3.06. The first kappa shape index (κ1) is 14.8. The molecule has 0 amide bonds. The molecule has 1 unspecified atom stereocenters. The van der Waals surface area contributed by atoms with Crippen molar-refractivity contribution in [2.75, 3.05) is 5.32 Å². The molecule has 0 aliphatic carbocycles. The lowest BCUT2D eigenvalue weighted by Gasteiger charge is -2.14. The maximum Gasteiger partial charge on any atom is 0.223 e. The molecule has 0 fully saturated rings. The number of nitrogens with zero attached hydrogens (tertiary/aromatic N) is 2. The van der Waals surface area contributed by atoms with E-state index >= 15 is 0 Å². The van der Waals surface area contributed by atoms with Crippen LogP contribution in [0.15, 0.2) is 47.1 Å². The van der Waals surface area contributed by atoms with E-state index in [2.05, 4.69) is 31.2 Å². The van der Waals surface area contributed by atoms with E-state index in [-0.39, 0.29) is 6.04 Å². The van der Waals surface area contributed by atoms with Gasteiger partial charge in [0.15, 0.2) is 11.6 Å². The largest absolute Gasteiger partial charge is 0.348 e. The number of nitrogens with one attached hydrogen (secondary N) is 1. The van der Waals surface area contributed by atoms with Crippen LogP contribution < -0.4 is 5.32 Å². The van der Waals surface area contributed by atoms with Gasteiger partial charge in [-0.05, 0) is 42.8 Å². The number of hydrogen-bond acceptors (Lipinski definition) is 3. The van der Waals surface area contributed by atoms with E-state index in [1.807, 2.05) is 25.1 Å². The van der Waals surface area contributed by atoms with Crippen LogP contribution in [0.3, 0.4) is 0 Å². The zero-order valence-corrected chi connectivity index (χ0v) is 13.2. The predicted octanol–water partition coefficient (Wildman–Crippen LogP) is 4.84. The Bertz CT molecular complexity index is 839. The van der Waals surface area contributed by atoms with Gasteiger partial charge in [0.25, 0.3) is 0 Å². The second-order valence-corrected chi connectivity index (χ2v) is 5.85. The zero-order chi connectivity index (χ0) is 15.7. The van der Waals surface area contributed by atoms with Crippen molar-refractivity contribution in [3.8, 4) is 0 Å². The van der Waals surface area contributed by atoms with Crippen molar-refractivity contribution >= 4 is 32.8 Å². The second-order valence-electron chi connectivity index (χ2n) is 4.94. The molecule has 3 aromatic rings. The van der Waals surface area contributed by atoms with Gasteiger partial charge in [0.2, 0.25) is 5.95 Å². The summed E-state index contributed by atoms with van der Waals surface area (Å²) in [6, 6.07) is 9.29. The number of benzene rings is 2. The summed E-state index contributed by atoms with van der Waals surface area (Å²) in [5.74, 6) is -1.29. The van der Waals surface area contributed by atoms with Gasteiger partial charge in [-0.3, -0.25) is 0 Å². The van der Waals surface area contributed by atoms with Gasteiger partial charge < -0.3 is 5.32 Å². The summed E-state index contributed by atoms with van der Waals surface area (Å²) in [4.78, 5) is 8.65. The van der Waals surface area contributed by atoms with E-state index in [0.29, 0.717) is 11.5 Å². The highest BCUT2D eigenvalue weighted by Gasteiger charge is 2.10. The van der Waals surface area contributed by atoms with Crippen LogP contribution >= 0.6 is 15.9 Å². The summed E-state index contributed by atoms with van der Waals surface area (Å²) in [5.41, 5.74) is 1.43. The molecule has 6 heteroatoms. The van der Waals surface area contributed by atoms with Gasteiger partial charge >= 0.3 is 0 Å².